The van der Waals surface area contributed by atoms with Crippen LogP contribution in [0.3, 0.4) is 0 Å². The van der Waals surface area contributed by atoms with Gasteiger partial charge in [-0.15, -0.1) is 0 Å². The third kappa shape index (κ3) is 2.84. The number of hydrogen-bond donors (Lipinski definition) is 0. The molecule has 0 aliphatic carbocycles. The van der Waals surface area contributed by atoms with Gasteiger partial charge in [0.1, 0.15) is 5.75 Å². The van der Waals surface area contributed by atoms with Crippen molar-refractivity contribution in [2.45, 2.75) is 33.7 Å². The average Bonchev–Trinajstić information content (AvgIpc) is 2.49. The zero-order chi connectivity index (χ0) is 14.8. The molecule has 2 heterocycles. The molecule has 110 valence electrons. The van der Waals surface area contributed by atoms with Crippen LogP contribution in [0.25, 0.3) is 0 Å². The lowest BCUT2D eigenvalue weighted by molar-refractivity contribution is 0.339. The Morgan fingerprint density at radius 1 is 1.24 bits per heavy atom. The van der Waals surface area contributed by atoms with Crippen LogP contribution in [0, 0.1) is 13.8 Å². The molecular weight excluding hydrogens is 262 g/mol. The number of anilines is 1. The smallest absolute Gasteiger partial charge is 0.150 e. The number of rotatable bonds is 3. The predicted octanol–water partition coefficient (Wildman–Crippen LogP) is 3.05. The first-order valence-electron chi connectivity index (χ1n) is 7.47. The van der Waals surface area contributed by atoms with E-state index in [9.17, 15) is 0 Å². The third-order valence-electron chi connectivity index (χ3n) is 3.85. The second kappa shape index (κ2) is 5.72. The number of hydrogen-bond acceptors (Lipinski definition) is 4. The quantitative estimate of drug-likeness (QED) is 0.867. The minimum atomic E-state index is 0.699. The molecule has 1 aliphatic heterocycles. The molecule has 0 amide bonds. The first-order valence-corrected chi connectivity index (χ1v) is 7.47. The van der Waals surface area contributed by atoms with E-state index in [4.69, 9.17) is 4.74 Å². The van der Waals surface area contributed by atoms with Crippen LogP contribution in [0.1, 0.15) is 29.4 Å². The molecule has 4 heteroatoms. The van der Waals surface area contributed by atoms with Crippen molar-refractivity contribution in [1.82, 2.24) is 9.97 Å². The zero-order valence-electron chi connectivity index (χ0n) is 12.9. The van der Waals surface area contributed by atoms with Crippen molar-refractivity contribution in [1.29, 1.82) is 0 Å². The highest BCUT2D eigenvalue weighted by Gasteiger charge is 2.20. The van der Waals surface area contributed by atoms with Gasteiger partial charge in [-0.05, 0) is 50.5 Å². The molecule has 0 saturated carbocycles. The highest BCUT2D eigenvalue weighted by molar-refractivity contribution is 5.48. The van der Waals surface area contributed by atoms with E-state index in [2.05, 4.69) is 33.1 Å². The Labute approximate surface area is 125 Å². The fraction of sp³-hybridized carbons (Fsp3) is 0.412. The minimum Gasteiger partial charge on any atom is -0.494 e. The lowest BCUT2D eigenvalue weighted by Crippen LogP contribution is -2.32. The molecule has 1 aromatic carbocycles. The van der Waals surface area contributed by atoms with E-state index in [1.54, 1.807) is 0 Å². The molecule has 0 bridgehead atoms. The summed E-state index contributed by atoms with van der Waals surface area (Å²) >= 11 is 0. The van der Waals surface area contributed by atoms with Crippen molar-refractivity contribution in [2.24, 2.45) is 0 Å². The van der Waals surface area contributed by atoms with E-state index in [-0.39, 0.29) is 0 Å². The summed E-state index contributed by atoms with van der Waals surface area (Å²) in [6.45, 7) is 8.58. The summed E-state index contributed by atoms with van der Waals surface area (Å²) in [6.07, 6.45) is 2.86. The van der Waals surface area contributed by atoms with E-state index < -0.39 is 0 Å². The number of fused-ring (bicyclic) bond motifs is 1. The Balaban J connectivity index is 1.89. The molecule has 0 saturated heterocycles. The van der Waals surface area contributed by atoms with Gasteiger partial charge in [-0.3, -0.25) is 4.98 Å². The Morgan fingerprint density at radius 3 is 2.90 bits per heavy atom. The molecule has 21 heavy (non-hydrogen) atoms. The normalized spacial score (nSPS) is 14.0. The molecule has 0 fully saturated rings. The Morgan fingerprint density at radius 2 is 2.10 bits per heavy atom. The average molecular weight is 283 g/mol. The molecule has 0 unspecified atom stereocenters. The van der Waals surface area contributed by atoms with Crippen molar-refractivity contribution >= 4 is 5.82 Å². The van der Waals surface area contributed by atoms with Gasteiger partial charge in [0.25, 0.3) is 0 Å². The Kier molecular flexibility index (Phi) is 3.78. The van der Waals surface area contributed by atoms with Crippen LogP contribution in [0.2, 0.25) is 0 Å². The number of ether oxygens (including phenoxy) is 1. The van der Waals surface area contributed by atoms with Gasteiger partial charge < -0.3 is 9.64 Å². The van der Waals surface area contributed by atoms with E-state index >= 15 is 0 Å². The summed E-state index contributed by atoms with van der Waals surface area (Å²) in [7, 11) is 0. The van der Waals surface area contributed by atoms with Crippen molar-refractivity contribution in [2.75, 3.05) is 18.1 Å². The number of benzene rings is 1. The van der Waals surface area contributed by atoms with Crippen LogP contribution in [0.4, 0.5) is 5.82 Å². The van der Waals surface area contributed by atoms with Crippen molar-refractivity contribution < 1.29 is 4.74 Å². The van der Waals surface area contributed by atoms with Gasteiger partial charge in [-0.25, -0.2) is 4.98 Å². The van der Waals surface area contributed by atoms with Gasteiger partial charge in [0.2, 0.25) is 0 Å². The third-order valence-corrected chi connectivity index (χ3v) is 3.85. The van der Waals surface area contributed by atoms with E-state index in [0.717, 1.165) is 42.5 Å². The van der Waals surface area contributed by atoms with E-state index in [1.807, 2.05) is 27.0 Å². The van der Waals surface area contributed by atoms with Crippen LogP contribution in [0.5, 0.6) is 5.75 Å². The van der Waals surface area contributed by atoms with Crippen molar-refractivity contribution in [3.8, 4) is 5.75 Å². The summed E-state index contributed by atoms with van der Waals surface area (Å²) < 4.78 is 5.61. The first kappa shape index (κ1) is 13.9. The van der Waals surface area contributed by atoms with E-state index in [1.165, 1.54) is 11.1 Å². The fourth-order valence-electron chi connectivity index (χ4n) is 2.80. The number of aromatic nitrogens is 2. The van der Waals surface area contributed by atoms with Gasteiger partial charge >= 0.3 is 0 Å². The van der Waals surface area contributed by atoms with Crippen LogP contribution < -0.4 is 9.64 Å². The summed E-state index contributed by atoms with van der Waals surface area (Å²) in [6, 6.07) is 6.41. The minimum absolute atomic E-state index is 0.699. The maximum absolute atomic E-state index is 5.61. The van der Waals surface area contributed by atoms with Gasteiger partial charge in [0.05, 0.1) is 18.0 Å². The highest BCUT2D eigenvalue weighted by atomic mass is 16.5. The molecular formula is C17H21N3O. The van der Waals surface area contributed by atoms with Crippen LogP contribution >= 0.6 is 0 Å². The second-order valence-electron chi connectivity index (χ2n) is 5.46. The predicted molar refractivity (Wildman–Crippen MR) is 83.9 cm³/mol. The molecule has 2 aromatic rings. The summed E-state index contributed by atoms with van der Waals surface area (Å²) in [5, 5.41) is 0. The largest absolute Gasteiger partial charge is 0.494 e. The second-order valence-corrected chi connectivity index (χ2v) is 5.46. The van der Waals surface area contributed by atoms with E-state index in [0.29, 0.717) is 6.61 Å². The highest BCUT2D eigenvalue weighted by Crippen LogP contribution is 2.27. The van der Waals surface area contributed by atoms with Crippen LogP contribution in [0.15, 0.2) is 24.4 Å². The molecule has 4 nitrogen and oxygen atoms in total. The van der Waals surface area contributed by atoms with Crippen LogP contribution in [-0.2, 0) is 13.0 Å². The Hall–Kier alpha value is -2.10. The maximum atomic E-state index is 5.61. The maximum Gasteiger partial charge on any atom is 0.150 e. The van der Waals surface area contributed by atoms with Crippen LogP contribution in [-0.4, -0.2) is 23.1 Å². The zero-order valence-corrected chi connectivity index (χ0v) is 12.9. The topological polar surface area (TPSA) is 38.2 Å². The van der Waals surface area contributed by atoms with Crippen molar-refractivity contribution in [3.05, 3.63) is 46.9 Å². The lowest BCUT2D eigenvalue weighted by atomic mass is 9.99. The molecule has 1 aliphatic rings. The SMILES string of the molecule is CCOc1ccc2c(c1)CN(c1nc(C)cnc1C)CC2. The number of aryl methyl sites for hydroxylation is 2. The molecule has 0 atom stereocenters. The standard InChI is InChI=1S/C17H21N3O/c1-4-21-16-6-5-14-7-8-20(11-15(14)9-16)17-13(3)18-10-12(2)19-17/h5-6,9-10H,4,7-8,11H2,1-3H3. The Bertz CT molecular complexity index is 654. The van der Waals surface area contributed by atoms with Gasteiger partial charge in [-0.1, -0.05) is 6.07 Å². The van der Waals surface area contributed by atoms with Crippen molar-refractivity contribution in [3.63, 3.8) is 0 Å². The summed E-state index contributed by atoms with van der Waals surface area (Å²) in [5.74, 6) is 1.95. The molecule has 0 spiro atoms. The van der Waals surface area contributed by atoms with Gasteiger partial charge in [-0.2, -0.15) is 0 Å². The molecule has 0 radical (unpaired) electrons. The monoisotopic (exact) mass is 283 g/mol. The molecule has 1 aromatic heterocycles. The van der Waals surface area contributed by atoms with Gasteiger partial charge in [0, 0.05) is 19.3 Å². The number of nitrogens with zero attached hydrogens (tertiary/aromatic N) is 3. The summed E-state index contributed by atoms with van der Waals surface area (Å²) in [5.41, 5.74) is 4.69. The molecule has 3 rings (SSSR count). The summed E-state index contributed by atoms with van der Waals surface area (Å²) in [4.78, 5) is 11.4. The first-order chi connectivity index (χ1) is 10.2. The van der Waals surface area contributed by atoms with Gasteiger partial charge in [0.15, 0.2) is 5.82 Å². The lowest BCUT2D eigenvalue weighted by Gasteiger charge is -2.30. The molecule has 0 N–H and O–H groups in total. The fourth-order valence-corrected chi connectivity index (χ4v) is 2.80.